The number of hydrogen-bond acceptors (Lipinski definition) is 4. The molecule has 7 heteroatoms. The van der Waals surface area contributed by atoms with Crippen LogP contribution in [0.15, 0.2) is 17.2 Å². The molecule has 0 radical (unpaired) electrons. The Bertz CT molecular complexity index is 1280. The van der Waals surface area contributed by atoms with Crippen molar-refractivity contribution in [1.82, 2.24) is 24.1 Å². The fourth-order valence-electron chi connectivity index (χ4n) is 3.76. The molecule has 0 spiro atoms. The maximum Gasteiger partial charge on any atom is 0.163 e. The average Bonchev–Trinajstić information content (AvgIpc) is 3.22. The van der Waals surface area contributed by atoms with Crippen molar-refractivity contribution >= 4 is 27.5 Å². The summed E-state index contributed by atoms with van der Waals surface area (Å²) < 4.78 is 17.0. The first kappa shape index (κ1) is 18.8. The molecule has 0 saturated carbocycles. The van der Waals surface area contributed by atoms with E-state index < -0.39 is 10.8 Å². The van der Waals surface area contributed by atoms with Gasteiger partial charge in [0.2, 0.25) is 0 Å². The summed E-state index contributed by atoms with van der Waals surface area (Å²) in [6, 6.07) is 2.02. The van der Waals surface area contributed by atoms with Crippen LogP contribution in [0.5, 0.6) is 0 Å². The molecule has 4 heterocycles. The van der Waals surface area contributed by atoms with Gasteiger partial charge in [-0.1, -0.05) is 6.92 Å². The first-order valence-electron chi connectivity index (χ1n) is 9.43. The second-order valence-corrected chi connectivity index (χ2v) is 9.06. The third kappa shape index (κ3) is 2.53. The quantitative estimate of drug-likeness (QED) is 0.527. The Kier molecular flexibility index (Phi) is 4.38. The van der Waals surface area contributed by atoms with Crippen molar-refractivity contribution in [3.63, 3.8) is 0 Å². The predicted molar refractivity (Wildman–Crippen MR) is 113 cm³/mol. The topological polar surface area (TPSA) is 65.1 Å². The van der Waals surface area contributed by atoms with E-state index in [0.29, 0.717) is 17.3 Å². The van der Waals surface area contributed by atoms with Crippen LogP contribution < -0.4 is 0 Å². The van der Waals surface area contributed by atoms with Crippen molar-refractivity contribution in [2.75, 3.05) is 5.75 Å². The molecule has 0 saturated heterocycles. The molecule has 0 bridgehead atoms. The smallest absolute Gasteiger partial charge is 0.163 e. The molecule has 0 aliphatic rings. The number of rotatable bonds is 3. The molecule has 4 rings (SSSR count). The van der Waals surface area contributed by atoms with Crippen molar-refractivity contribution in [2.45, 2.75) is 46.4 Å². The fourth-order valence-corrected chi connectivity index (χ4v) is 4.85. The summed E-state index contributed by atoms with van der Waals surface area (Å²) >= 11 is 0. The van der Waals surface area contributed by atoms with Crippen LogP contribution in [0, 0.1) is 34.6 Å². The Morgan fingerprint density at radius 1 is 1.07 bits per heavy atom. The number of aryl methyl sites for hydroxylation is 4. The lowest BCUT2D eigenvalue weighted by Gasteiger charge is -2.12. The molecule has 0 N–H and O–H groups in total. The maximum atomic E-state index is 13.1. The van der Waals surface area contributed by atoms with Crippen LogP contribution in [0.3, 0.4) is 0 Å². The first-order chi connectivity index (χ1) is 13.3. The van der Waals surface area contributed by atoms with Crippen LogP contribution in [0.2, 0.25) is 0 Å². The van der Waals surface area contributed by atoms with E-state index in [4.69, 9.17) is 10.1 Å². The SMILES string of the molecule is CCS(=O)c1c(-c2nc3cc(C)cnc3n2C)nn2c(C)c(C)c(C)c(C)c12. The van der Waals surface area contributed by atoms with Crippen LogP contribution in [0.4, 0.5) is 0 Å². The fraction of sp³-hybridized carbons (Fsp3) is 0.381. The van der Waals surface area contributed by atoms with E-state index in [0.717, 1.165) is 38.4 Å². The van der Waals surface area contributed by atoms with Gasteiger partial charge in [0.1, 0.15) is 11.2 Å². The Balaban J connectivity index is 2.16. The first-order valence-corrected chi connectivity index (χ1v) is 10.7. The second kappa shape index (κ2) is 6.51. The Morgan fingerprint density at radius 2 is 1.79 bits per heavy atom. The van der Waals surface area contributed by atoms with Crippen LogP contribution in [0.25, 0.3) is 28.2 Å². The highest BCUT2D eigenvalue weighted by Crippen LogP contribution is 2.34. The van der Waals surface area contributed by atoms with Crippen LogP contribution in [-0.4, -0.2) is 34.1 Å². The second-order valence-electron chi connectivity index (χ2n) is 7.38. The van der Waals surface area contributed by atoms with Gasteiger partial charge in [-0.05, 0) is 62.9 Å². The maximum absolute atomic E-state index is 13.1. The zero-order chi connectivity index (χ0) is 20.3. The summed E-state index contributed by atoms with van der Waals surface area (Å²) in [4.78, 5) is 10.1. The molecular weight excluding hydrogens is 370 g/mol. The molecule has 28 heavy (non-hydrogen) atoms. The lowest BCUT2D eigenvalue weighted by Crippen LogP contribution is -2.03. The zero-order valence-electron chi connectivity index (χ0n) is 17.4. The van der Waals surface area contributed by atoms with Gasteiger partial charge in [0.25, 0.3) is 0 Å². The number of pyridine rings is 2. The van der Waals surface area contributed by atoms with Gasteiger partial charge in [-0.25, -0.2) is 14.5 Å². The number of nitrogens with zero attached hydrogens (tertiary/aromatic N) is 5. The lowest BCUT2D eigenvalue weighted by atomic mass is 10.0. The normalized spacial score (nSPS) is 13.0. The summed E-state index contributed by atoms with van der Waals surface area (Å²) in [5, 5.41) is 4.91. The minimum atomic E-state index is -1.17. The van der Waals surface area contributed by atoms with E-state index >= 15 is 0 Å². The largest absolute Gasteiger partial charge is 0.310 e. The van der Waals surface area contributed by atoms with Crippen molar-refractivity contribution in [3.05, 3.63) is 40.2 Å². The molecule has 0 aliphatic carbocycles. The minimum absolute atomic E-state index is 0.529. The van der Waals surface area contributed by atoms with Crippen LogP contribution in [-0.2, 0) is 17.8 Å². The van der Waals surface area contributed by atoms with Gasteiger partial charge >= 0.3 is 0 Å². The summed E-state index contributed by atoms with van der Waals surface area (Å²) in [6.45, 7) is 12.3. The Morgan fingerprint density at radius 3 is 2.46 bits per heavy atom. The van der Waals surface area contributed by atoms with E-state index in [9.17, 15) is 4.21 Å². The van der Waals surface area contributed by atoms with E-state index in [1.165, 1.54) is 11.1 Å². The highest BCUT2D eigenvalue weighted by molar-refractivity contribution is 7.85. The number of aromatic nitrogens is 5. The van der Waals surface area contributed by atoms with Gasteiger partial charge in [0.05, 0.1) is 21.2 Å². The van der Waals surface area contributed by atoms with Crippen molar-refractivity contribution in [2.24, 2.45) is 7.05 Å². The molecule has 4 aromatic heterocycles. The van der Waals surface area contributed by atoms with Gasteiger partial charge in [0.15, 0.2) is 11.5 Å². The molecule has 0 aliphatic heterocycles. The van der Waals surface area contributed by atoms with Crippen LogP contribution in [0.1, 0.15) is 34.9 Å². The highest BCUT2D eigenvalue weighted by atomic mass is 32.2. The lowest BCUT2D eigenvalue weighted by molar-refractivity contribution is 0.684. The summed E-state index contributed by atoms with van der Waals surface area (Å²) in [7, 11) is 0.766. The zero-order valence-corrected chi connectivity index (χ0v) is 18.2. The average molecular weight is 396 g/mol. The predicted octanol–water partition coefficient (Wildman–Crippen LogP) is 3.95. The summed E-state index contributed by atoms with van der Waals surface area (Å²) in [5.74, 6) is 1.23. The summed E-state index contributed by atoms with van der Waals surface area (Å²) in [5.41, 5.74) is 8.89. The van der Waals surface area contributed by atoms with E-state index in [1.54, 1.807) is 0 Å². The molecule has 0 aromatic carbocycles. The van der Waals surface area contributed by atoms with E-state index in [2.05, 4.69) is 32.7 Å². The van der Waals surface area contributed by atoms with Gasteiger partial charge in [-0.2, -0.15) is 5.10 Å². The molecule has 4 aromatic rings. The number of fused-ring (bicyclic) bond motifs is 2. The molecule has 0 amide bonds. The van der Waals surface area contributed by atoms with Gasteiger partial charge < -0.3 is 4.57 Å². The van der Waals surface area contributed by atoms with Crippen molar-refractivity contribution in [3.8, 4) is 11.5 Å². The van der Waals surface area contributed by atoms with Crippen LogP contribution >= 0.6 is 0 Å². The Hall–Kier alpha value is -2.54. The van der Waals surface area contributed by atoms with Crippen molar-refractivity contribution < 1.29 is 4.21 Å². The third-order valence-electron chi connectivity index (χ3n) is 5.73. The molecular formula is C21H25N5OS. The molecule has 1 unspecified atom stereocenters. The summed E-state index contributed by atoms with van der Waals surface area (Å²) in [6.07, 6.45) is 1.84. The minimum Gasteiger partial charge on any atom is -0.310 e. The van der Waals surface area contributed by atoms with Gasteiger partial charge in [0, 0.05) is 24.7 Å². The standard InChI is InChI=1S/C21H25N5OS/c1-8-28(27)19-17(21-23-16-9-11(2)10-22-20(16)25(21)7)24-26-15(6)13(4)12(3)14(5)18(19)26/h9-10H,8H2,1-7H3. The van der Waals surface area contributed by atoms with Gasteiger partial charge in [-0.15, -0.1) is 0 Å². The monoisotopic (exact) mass is 395 g/mol. The molecule has 146 valence electrons. The van der Waals surface area contributed by atoms with E-state index in [1.807, 2.05) is 42.2 Å². The number of hydrogen-bond donors (Lipinski definition) is 0. The third-order valence-corrected chi connectivity index (χ3v) is 7.10. The number of imidazole rings is 1. The van der Waals surface area contributed by atoms with Gasteiger partial charge in [-0.3, -0.25) is 4.21 Å². The molecule has 1 atom stereocenters. The molecule has 0 fully saturated rings. The van der Waals surface area contributed by atoms with E-state index in [-0.39, 0.29) is 0 Å². The highest BCUT2D eigenvalue weighted by Gasteiger charge is 2.26. The molecule has 6 nitrogen and oxygen atoms in total. The van der Waals surface area contributed by atoms with Crippen molar-refractivity contribution in [1.29, 1.82) is 0 Å². The Labute approximate surface area is 167 Å².